The molecule has 0 aliphatic heterocycles. The van der Waals surface area contributed by atoms with Crippen molar-refractivity contribution in [2.45, 2.75) is 6.92 Å². The Morgan fingerprint density at radius 2 is 1.82 bits per heavy atom. The normalized spacial score (nSPS) is 10.2. The Morgan fingerprint density at radius 1 is 1.18 bits per heavy atom. The van der Waals surface area contributed by atoms with Crippen LogP contribution >= 0.6 is 11.3 Å². The number of ketones is 1. The van der Waals surface area contributed by atoms with Gasteiger partial charge in [-0.3, -0.25) is 4.79 Å². The Morgan fingerprint density at radius 3 is 2.35 bits per heavy atom. The highest BCUT2D eigenvalue weighted by Gasteiger charge is 2.18. The number of thiophene rings is 1. The second kappa shape index (κ2) is 4.51. The van der Waals surface area contributed by atoms with Crippen LogP contribution in [0.15, 0.2) is 35.7 Å². The van der Waals surface area contributed by atoms with E-state index in [9.17, 15) is 9.59 Å². The molecule has 0 spiro atoms. The average molecular weight is 246 g/mol. The Balaban J connectivity index is 2.47. The van der Waals surface area contributed by atoms with E-state index in [1.54, 1.807) is 24.3 Å². The predicted molar refractivity (Wildman–Crippen MR) is 65.9 cm³/mol. The summed E-state index contributed by atoms with van der Waals surface area (Å²) in [5.41, 5.74) is 1.29. The number of hydrogen-bond donors (Lipinski definition) is 1. The van der Waals surface area contributed by atoms with Gasteiger partial charge in [-0.25, -0.2) is 4.79 Å². The molecule has 4 heteroatoms. The van der Waals surface area contributed by atoms with Gasteiger partial charge >= 0.3 is 5.97 Å². The summed E-state index contributed by atoms with van der Waals surface area (Å²) >= 11 is 1.33. The Bertz CT molecular complexity index is 584. The van der Waals surface area contributed by atoms with Gasteiger partial charge < -0.3 is 5.11 Å². The Kier molecular flexibility index (Phi) is 3.06. The molecule has 0 aliphatic carbocycles. The number of benzene rings is 1. The van der Waals surface area contributed by atoms with Crippen molar-refractivity contribution in [2.24, 2.45) is 0 Å². The van der Waals surface area contributed by atoms with Crippen LogP contribution in [0.3, 0.4) is 0 Å². The fourth-order valence-corrected chi connectivity index (χ4v) is 2.40. The molecule has 0 amide bonds. The first-order valence-electron chi connectivity index (χ1n) is 5.02. The molecule has 2 rings (SSSR count). The summed E-state index contributed by atoms with van der Waals surface area (Å²) in [5.74, 6) is -1.32. The highest BCUT2D eigenvalue weighted by Crippen LogP contribution is 2.20. The number of carboxylic acid groups (broad SMARTS) is 1. The number of carbonyl (C=O) groups is 2. The highest BCUT2D eigenvalue weighted by atomic mass is 32.1. The summed E-state index contributed by atoms with van der Waals surface area (Å²) in [7, 11) is 0. The van der Waals surface area contributed by atoms with Gasteiger partial charge in [0.05, 0.1) is 10.4 Å². The van der Waals surface area contributed by atoms with Crippen molar-refractivity contribution < 1.29 is 14.7 Å². The number of carbonyl (C=O) groups excluding carboxylic acids is 1. The first-order chi connectivity index (χ1) is 8.09. The van der Waals surface area contributed by atoms with E-state index in [-0.39, 0.29) is 16.9 Å². The Labute approximate surface area is 102 Å². The van der Waals surface area contributed by atoms with E-state index in [2.05, 4.69) is 0 Å². The van der Waals surface area contributed by atoms with Crippen LogP contribution in [0, 0.1) is 6.92 Å². The van der Waals surface area contributed by atoms with Crippen molar-refractivity contribution >= 4 is 23.1 Å². The summed E-state index contributed by atoms with van der Waals surface area (Å²) in [6.07, 6.45) is 0. The molecular weight excluding hydrogens is 236 g/mol. The standard InChI is InChI=1S/C13H10O3S/c1-8-6-11(17-7-8)12(14)9-4-2-3-5-10(9)13(15)16/h2-7H,1H3,(H,15,16). The van der Waals surface area contributed by atoms with Crippen molar-refractivity contribution in [3.63, 3.8) is 0 Å². The number of aryl methyl sites for hydroxylation is 1. The van der Waals surface area contributed by atoms with Crippen molar-refractivity contribution in [3.8, 4) is 0 Å². The molecule has 1 aromatic carbocycles. The largest absolute Gasteiger partial charge is 0.478 e. The quantitative estimate of drug-likeness (QED) is 0.847. The lowest BCUT2D eigenvalue weighted by molar-refractivity contribution is 0.0693. The minimum Gasteiger partial charge on any atom is -0.478 e. The second-order valence-corrected chi connectivity index (χ2v) is 4.58. The van der Waals surface area contributed by atoms with Crippen LogP contribution in [0.5, 0.6) is 0 Å². The van der Waals surface area contributed by atoms with E-state index >= 15 is 0 Å². The highest BCUT2D eigenvalue weighted by molar-refractivity contribution is 7.12. The van der Waals surface area contributed by atoms with Gasteiger partial charge in [-0.1, -0.05) is 18.2 Å². The Hall–Kier alpha value is -1.94. The van der Waals surface area contributed by atoms with Gasteiger partial charge in [0.15, 0.2) is 0 Å². The zero-order valence-corrected chi connectivity index (χ0v) is 9.95. The molecule has 2 aromatic rings. The third kappa shape index (κ3) is 2.26. The summed E-state index contributed by atoms with van der Waals surface area (Å²) in [6.45, 7) is 1.90. The van der Waals surface area contributed by atoms with Crippen LogP contribution < -0.4 is 0 Å². The molecule has 0 saturated carbocycles. The molecule has 0 fully saturated rings. The second-order valence-electron chi connectivity index (χ2n) is 3.67. The molecule has 3 nitrogen and oxygen atoms in total. The van der Waals surface area contributed by atoms with E-state index in [1.807, 2.05) is 12.3 Å². The van der Waals surface area contributed by atoms with E-state index < -0.39 is 5.97 Å². The van der Waals surface area contributed by atoms with Crippen molar-refractivity contribution in [3.05, 3.63) is 57.3 Å². The lowest BCUT2D eigenvalue weighted by atomic mass is 10.0. The lowest BCUT2D eigenvalue weighted by Crippen LogP contribution is -2.08. The van der Waals surface area contributed by atoms with Crippen LogP contribution in [-0.2, 0) is 0 Å². The van der Waals surface area contributed by atoms with Gasteiger partial charge in [0.25, 0.3) is 0 Å². The van der Waals surface area contributed by atoms with Crippen molar-refractivity contribution in [1.82, 2.24) is 0 Å². The molecule has 0 atom stereocenters. The van der Waals surface area contributed by atoms with Crippen LogP contribution in [0.1, 0.15) is 31.2 Å². The molecule has 0 saturated heterocycles. The van der Waals surface area contributed by atoms with Crippen LogP contribution in [0.2, 0.25) is 0 Å². The first-order valence-corrected chi connectivity index (χ1v) is 5.89. The maximum absolute atomic E-state index is 12.1. The third-order valence-corrected chi connectivity index (χ3v) is 3.40. The maximum atomic E-state index is 12.1. The molecule has 0 unspecified atom stereocenters. The molecule has 0 radical (unpaired) electrons. The van der Waals surface area contributed by atoms with Crippen LogP contribution in [0.4, 0.5) is 0 Å². The van der Waals surface area contributed by atoms with Gasteiger partial charge in [-0.15, -0.1) is 11.3 Å². The average Bonchev–Trinajstić information content (AvgIpc) is 2.75. The molecule has 1 N–H and O–H groups in total. The molecule has 17 heavy (non-hydrogen) atoms. The molecule has 86 valence electrons. The SMILES string of the molecule is Cc1csc(C(=O)c2ccccc2C(=O)O)c1. The fourth-order valence-electron chi connectivity index (χ4n) is 1.55. The number of aromatic carboxylic acids is 1. The van der Waals surface area contributed by atoms with E-state index in [0.29, 0.717) is 4.88 Å². The molecular formula is C13H10O3S. The summed E-state index contributed by atoms with van der Waals surface area (Å²) in [6, 6.07) is 8.03. The van der Waals surface area contributed by atoms with E-state index in [4.69, 9.17) is 5.11 Å². The molecule has 0 aliphatic rings. The zero-order valence-electron chi connectivity index (χ0n) is 9.14. The van der Waals surface area contributed by atoms with E-state index in [1.165, 1.54) is 17.4 Å². The van der Waals surface area contributed by atoms with Crippen LogP contribution in [-0.4, -0.2) is 16.9 Å². The van der Waals surface area contributed by atoms with Gasteiger partial charge in [-0.05, 0) is 30.0 Å². The van der Waals surface area contributed by atoms with Crippen molar-refractivity contribution in [2.75, 3.05) is 0 Å². The number of hydrogen-bond acceptors (Lipinski definition) is 3. The summed E-state index contributed by atoms with van der Waals surface area (Å²) in [5, 5.41) is 10.9. The number of rotatable bonds is 3. The monoisotopic (exact) mass is 246 g/mol. The topological polar surface area (TPSA) is 54.4 Å². The fraction of sp³-hybridized carbons (Fsp3) is 0.0769. The zero-order chi connectivity index (χ0) is 12.4. The molecule has 1 heterocycles. The lowest BCUT2D eigenvalue weighted by Gasteiger charge is -2.02. The van der Waals surface area contributed by atoms with Crippen LogP contribution in [0.25, 0.3) is 0 Å². The minimum atomic E-state index is -1.08. The minimum absolute atomic E-state index is 0.0450. The van der Waals surface area contributed by atoms with Gasteiger partial charge in [0.1, 0.15) is 0 Å². The summed E-state index contributed by atoms with van der Waals surface area (Å²) in [4.78, 5) is 23.7. The predicted octanol–water partition coefficient (Wildman–Crippen LogP) is 2.99. The van der Waals surface area contributed by atoms with Crippen molar-refractivity contribution in [1.29, 1.82) is 0 Å². The van der Waals surface area contributed by atoms with E-state index in [0.717, 1.165) is 5.56 Å². The summed E-state index contributed by atoms with van der Waals surface area (Å²) < 4.78 is 0. The van der Waals surface area contributed by atoms with Gasteiger partial charge in [-0.2, -0.15) is 0 Å². The molecule has 0 bridgehead atoms. The molecule has 1 aromatic heterocycles. The third-order valence-electron chi connectivity index (χ3n) is 2.36. The number of carboxylic acids is 1. The van der Waals surface area contributed by atoms with Gasteiger partial charge in [0.2, 0.25) is 5.78 Å². The maximum Gasteiger partial charge on any atom is 0.336 e. The van der Waals surface area contributed by atoms with Gasteiger partial charge in [0, 0.05) is 5.56 Å². The smallest absolute Gasteiger partial charge is 0.336 e. The first kappa shape index (κ1) is 11.5.